The fourth-order valence-electron chi connectivity index (χ4n) is 2.77. The largest absolute Gasteiger partial charge is 0.484 e. The number of hydrogen-bond acceptors (Lipinski definition) is 5. The molecule has 0 aliphatic carbocycles. The fraction of sp³-hybridized carbons (Fsp3) is 0.619. The van der Waals surface area contributed by atoms with E-state index in [1.54, 1.807) is 21.1 Å². The number of amides is 1. The van der Waals surface area contributed by atoms with Crippen LogP contribution in [0.1, 0.15) is 18.4 Å². The van der Waals surface area contributed by atoms with Crippen LogP contribution in [0, 0.1) is 5.92 Å². The zero-order chi connectivity index (χ0) is 20.9. The number of halogens is 1. The lowest BCUT2D eigenvalue weighted by atomic mass is 10.1. The predicted octanol–water partition coefficient (Wildman–Crippen LogP) is 1.88. The van der Waals surface area contributed by atoms with E-state index < -0.39 is 0 Å². The second-order valence-electron chi connectivity index (χ2n) is 7.23. The molecule has 1 amide bonds. The molecule has 1 aliphatic heterocycles. The summed E-state index contributed by atoms with van der Waals surface area (Å²) >= 11 is 0. The smallest absolute Gasteiger partial charge is 0.259 e. The van der Waals surface area contributed by atoms with Gasteiger partial charge in [-0.15, -0.1) is 24.0 Å². The minimum atomic E-state index is -0.0707. The van der Waals surface area contributed by atoms with Gasteiger partial charge in [-0.25, -0.2) is 0 Å². The second kappa shape index (κ2) is 15.2. The number of guanidine groups is 1. The van der Waals surface area contributed by atoms with Crippen molar-refractivity contribution in [2.75, 3.05) is 60.7 Å². The van der Waals surface area contributed by atoms with E-state index in [0.717, 1.165) is 57.3 Å². The molecule has 1 saturated heterocycles. The van der Waals surface area contributed by atoms with Gasteiger partial charge >= 0.3 is 0 Å². The lowest BCUT2D eigenvalue weighted by Gasteiger charge is -2.14. The first-order valence-corrected chi connectivity index (χ1v) is 10.1. The summed E-state index contributed by atoms with van der Waals surface area (Å²) in [6, 6.07) is 7.68. The third-order valence-electron chi connectivity index (χ3n) is 4.58. The Labute approximate surface area is 196 Å². The van der Waals surface area contributed by atoms with Crippen LogP contribution in [-0.4, -0.2) is 77.5 Å². The quantitative estimate of drug-likeness (QED) is 0.195. The normalized spacial score (nSPS) is 16.0. The average molecular weight is 534 g/mol. The highest BCUT2D eigenvalue weighted by Crippen LogP contribution is 2.13. The van der Waals surface area contributed by atoms with Gasteiger partial charge in [0, 0.05) is 53.4 Å². The maximum atomic E-state index is 11.6. The molecule has 2 rings (SSSR count). The van der Waals surface area contributed by atoms with Gasteiger partial charge < -0.3 is 29.7 Å². The monoisotopic (exact) mass is 534 g/mol. The van der Waals surface area contributed by atoms with Crippen LogP contribution in [0.25, 0.3) is 0 Å². The number of carbonyl (C=O) groups is 1. The summed E-state index contributed by atoms with van der Waals surface area (Å²) in [6.07, 6.45) is 2.02. The number of likely N-dealkylation sites (N-methyl/N-ethyl adjacent to an activating group) is 1. The van der Waals surface area contributed by atoms with Gasteiger partial charge in [0.1, 0.15) is 5.75 Å². The Hall–Kier alpha value is -1.59. The lowest BCUT2D eigenvalue weighted by Crippen LogP contribution is -2.37. The highest BCUT2D eigenvalue weighted by atomic mass is 127. The minimum Gasteiger partial charge on any atom is -0.484 e. The van der Waals surface area contributed by atoms with Gasteiger partial charge in [0.05, 0.1) is 13.2 Å². The Bertz CT molecular complexity index is 652. The Balaban J connectivity index is 0.00000450. The van der Waals surface area contributed by atoms with E-state index in [0.29, 0.717) is 18.2 Å². The molecule has 1 heterocycles. The number of nitrogens with one attached hydrogen (secondary N) is 2. The first kappa shape index (κ1) is 26.4. The van der Waals surface area contributed by atoms with Gasteiger partial charge in [-0.2, -0.15) is 0 Å². The van der Waals surface area contributed by atoms with E-state index in [9.17, 15) is 4.79 Å². The fourth-order valence-corrected chi connectivity index (χ4v) is 2.77. The topological polar surface area (TPSA) is 84.4 Å². The van der Waals surface area contributed by atoms with Crippen LogP contribution in [0.4, 0.5) is 0 Å². The van der Waals surface area contributed by atoms with Crippen molar-refractivity contribution < 1.29 is 19.0 Å². The van der Waals surface area contributed by atoms with Gasteiger partial charge in [-0.05, 0) is 30.5 Å². The van der Waals surface area contributed by atoms with Crippen molar-refractivity contribution in [3.05, 3.63) is 29.8 Å². The van der Waals surface area contributed by atoms with Gasteiger partial charge in [0.25, 0.3) is 5.91 Å². The maximum Gasteiger partial charge on any atom is 0.259 e. The number of ether oxygens (including phenoxy) is 3. The Morgan fingerprint density at radius 3 is 2.87 bits per heavy atom. The molecule has 170 valence electrons. The number of carbonyl (C=O) groups excluding carboxylic acids is 1. The van der Waals surface area contributed by atoms with Gasteiger partial charge in [0.2, 0.25) is 0 Å². The summed E-state index contributed by atoms with van der Waals surface area (Å²) in [4.78, 5) is 17.4. The third kappa shape index (κ3) is 10.4. The number of benzene rings is 1. The standard InChI is InChI=1S/C21H34N4O4.HI/c1-22-21(23-9-5-10-27-14-18-8-11-28-15-18)24-13-17-6-4-7-19(12-17)29-16-20(26)25(2)3;/h4,6-7,12,18H,5,8-11,13-16H2,1-3H3,(H2,22,23,24);1H. The Kier molecular flexibility index (Phi) is 13.4. The molecule has 1 atom stereocenters. The van der Waals surface area contributed by atoms with E-state index in [1.807, 2.05) is 24.3 Å². The van der Waals surface area contributed by atoms with Crippen molar-refractivity contribution in [2.24, 2.45) is 10.9 Å². The summed E-state index contributed by atoms with van der Waals surface area (Å²) in [5, 5.41) is 6.57. The predicted molar refractivity (Wildman–Crippen MR) is 129 cm³/mol. The molecular weight excluding hydrogens is 499 g/mol. The lowest BCUT2D eigenvalue weighted by molar-refractivity contribution is -0.130. The van der Waals surface area contributed by atoms with Crippen molar-refractivity contribution in [2.45, 2.75) is 19.4 Å². The molecule has 8 nitrogen and oxygen atoms in total. The molecule has 30 heavy (non-hydrogen) atoms. The molecule has 2 N–H and O–H groups in total. The number of nitrogens with zero attached hydrogens (tertiary/aromatic N) is 2. The van der Waals surface area contributed by atoms with Crippen molar-refractivity contribution >= 4 is 35.8 Å². The first-order chi connectivity index (χ1) is 14.1. The molecule has 0 saturated carbocycles. The molecule has 0 radical (unpaired) electrons. The van der Waals surface area contributed by atoms with E-state index in [4.69, 9.17) is 14.2 Å². The molecule has 1 aromatic rings. The second-order valence-corrected chi connectivity index (χ2v) is 7.23. The molecule has 9 heteroatoms. The van der Waals surface area contributed by atoms with Crippen LogP contribution in [0.3, 0.4) is 0 Å². The summed E-state index contributed by atoms with van der Waals surface area (Å²) < 4.78 is 16.6. The SMILES string of the molecule is CN=C(NCCCOCC1CCOC1)NCc1cccc(OCC(=O)N(C)C)c1.I. The molecule has 1 aliphatic rings. The van der Waals surface area contributed by atoms with Crippen molar-refractivity contribution in [1.82, 2.24) is 15.5 Å². The summed E-state index contributed by atoms with van der Waals surface area (Å²) in [5.74, 6) is 1.90. The number of rotatable bonds is 11. The van der Waals surface area contributed by atoms with Crippen LogP contribution in [0.15, 0.2) is 29.3 Å². The van der Waals surface area contributed by atoms with Gasteiger partial charge in [-0.1, -0.05) is 12.1 Å². The summed E-state index contributed by atoms with van der Waals surface area (Å²) in [5.41, 5.74) is 1.05. The van der Waals surface area contributed by atoms with Crippen molar-refractivity contribution in [3.8, 4) is 5.75 Å². The van der Waals surface area contributed by atoms with Crippen LogP contribution in [0.5, 0.6) is 5.75 Å². The van der Waals surface area contributed by atoms with Crippen molar-refractivity contribution in [1.29, 1.82) is 0 Å². The highest BCUT2D eigenvalue weighted by Gasteiger charge is 2.15. The molecule has 1 fully saturated rings. The van der Waals surface area contributed by atoms with Crippen LogP contribution in [0.2, 0.25) is 0 Å². The van der Waals surface area contributed by atoms with Gasteiger partial charge in [0.15, 0.2) is 12.6 Å². The van der Waals surface area contributed by atoms with Crippen LogP contribution >= 0.6 is 24.0 Å². The van der Waals surface area contributed by atoms with E-state index in [1.165, 1.54) is 4.90 Å². The van der Waals surface area contributed by atoms with Crippen molar-refractivity contribution in [3.63, 3.8) is 0 Å². The molecule has 0 aromatic heterocycles. The zero-order valence-electron chi connectivity index (χ0n) is 18.2. The number of hydrogen-bond donors (Lipinski definition) is 2. The first-order valence-electron chi connectivity index (χ1n) is 10.1. The van der Waals surface area contributed by atoms with E-state index in [2.05, 4.69) is 15.6 Å². The minimum absolute atomic E-state index is 0. The van der Waals surface area contributed by atoms with Crippen LogP contribution < -0.4 is 15.4 Å². The molecule has 0 spiro atoms. The molecule has 1 unspecified atom stereocenters. The van der Waals surface area contributed by atoms with E-state index >= 15 is 0 Å². The highest BCUT2D eigenvalue weighted by molar-refractivity contribution is 14.0. The molecule has 0 bridgehead atoms. The van der Waals surface area contributed by atoms with E-state index in [-0.39, 0.29) is 36.5 Å². The Morgan fingerprint density at radius 2 is 2.17 bits per heavy atom. The van der Waals surface area contributed by atoms with Crippen LogP contribution in [-0.2, 0) is 20.8 Å². The zero-order valence-corrected chi connectivity index (χ0v) is 20.5. The third-order valence-corrected chi connectivity index (χ3v) is 4.58. The average Bonchev–Trinajstić information content (AvgIpc) is 3.24. The molecule has 1 aromatic carbocycles. The Morgan fingerprint density at radius 1 is 1.33 bits per heavy atom. The summed E-state index contributed by atoms with van der Waals surface area (Å²) in [6.45, 7) is 4.63. The van der Waals surface area contributed by atoms with Gasteiger partial charge in [-0.3, -0.25) is 9.79 Å². The maximum absolute atomic E-state index is 11.6. The molecular formula is C21H35IN4O4. The summed E-state index contributed by atoms with van der Waals surface area (Å²) in [7, 11) is 5.17. The number of aliphatic imine (C=N–C) groups is 1.